The standard InChI is InChI=1S/C12H20ClNO2/c1-9-8-14(5-4-11(9)13)12(15)7-10-3-2-6-16-10/h9-11H,2-8H2,1H3. The third kappa shape index (κ3) is 2.89. The number of piperidine rings is 1. The normalized spacial score (nSPS) is 35.4. The number of ether oxygens (including phenoxy) is 1. The van der Waals surface area contributed by atoms with Gasteiger partial charge in [-0.15, -0.1) is 11.6 Å². The third-order valence-corrected chi connectivity index (χ3v) is 4.23. The molecule has 2 saturated heterocycles. The van der Waals surface area contributed by atoms with Gasteiger partial charge in [-0.3, -0.25) is 4.79 Å². The van der Waals surface area contributed by atoms with Crippen molar-refractivity contribution in [1.82, 2.24) is 4.90 Å². The monoisotopic (exact) mass is 245 g/mol. The van der Waals surface area contributed by atoms with Crippen molar-refractivity contribution in [3.63, 3.8) is 0 Å². The molecule has 1 amide bonds. The van der Waals surface area contributed by atoms with Crippen LogP contribution in [0.5, 0.6) is 0 Å². The largest absolute Gasteiger partial charge is 0.378 e. The van der Waals surface area contributed by atoms with Crippen molar-refractivity contribution in [2.45, 2.75) is 44.1 Å². The Kier molecular flexibility index (Phi) is 4.09. The predicted molar refractivity (Wildman–Crippen MR) is 63.6 cm³/mol. The van der Waals surface area contributed by atoms with Crippen LogP contribution in [0.3, 0.4) is 0 Å². The molecule has 2 rings (SSSR count). The minimum absolute atomic E-state index is 0.163. The highest BCUT2D eigenvalue weighted by atomic mass is 35.5. The van der Waals surface area contributed by atoms with Gasteiger partial charge in [-0.1, -0.05) is 6.92 Å². The van der Waals surface area contributed by atoms with Crippen molar-refractivity contribution >= 4 is 17.5 Å². The van der Waals surface area contributed by atoms with Gasteiger partial charge in [-0.2, -0.15) is 0 Å². The van der Waals surface area contributed by atoms with Crippen molar-refractivity contribution in [2.75, 3.05) is 19.7 Å². The predicted octanol–water partition coefficient (Wildman–Crippen LogP) is 2.03. The summed E-state index contributed by atoms with van der Waals surface area (Å²) in [4.78, 5) is 14.0. The lowest BCUT2D eigenvalue weighted by Crippen LogP contribution is -2.44. The number of halogens is 1. The maximum Gasteiger partial charge on any atom is 0.225 e. The number of rotatable bonds is 2. The molecule has 0 N–H and O–H groups in total. The summed E-state index contributed by atoms with van der Waals surface area (Å²) in [6.07, 6.45) is 3.77. The lowest BCUT2D eigenvalue weighted by Gasteiger charge is -2.34. The fourth-order valence-corrected chi connectivity index (χ4v) is 2.65. The van der Waals surface area contributed by atoms with Gasteiger partial charge in [0.1, 0.15) is 0 Å². The first-order chi connectivity index (χ1) is 7.66. The SMILES string of the molecule is CC1CN(C(=O)CC2CCCO2)CCC1Cl. The fourth-order valence-electron chi connectivity index (χ4n) is 2.47. The van der Waals surface area contributed by atoms with Crippen LogP contribution in [0.2, 0.25) is 0 Å². The Morgan fingerprint density at radius 3 is 2.94 bits per heavy atom. The Hall–Kier alpha value is -0.280. The van der Waals surface area contributed by atoms with Crippen LogP contribution in [0.1, 0.15) is 32.6 Å². The number of carbonyl (C=O) groups is 1. The van der Waals surface area contributed by atoms with Crippen LogP contribution in [-0.4, -0.2) is 42.0 Å². The van der Waals surface area contributed by atoms with Crippen LogP contribution in [0.15, 0.2) is 0 Å². The zero-order chi connectivity index (χ0) is 11.5. The van der Waals surface area contributed by atoms with E-state index < -0.39 is 0 Å². The van der Waals surface area contributed by atoms with Crippen LogP contribution in [0, 0.1) is 5.92 Å². The van der Waals surface area contributed by atoms with E-state index >= 15 is 0 Å². The fraction of sp³-hybridized carbons (Fsp3) is 0.917. The first kappa shape index (κ1) is 12.2. The number of carbonyl (C=O) groups excluding carboxylic acids is 1. The molecule has 0 radical (unpaired) electrons. The van der Waals surface area contributed by atoms with Gasteiger partial charge >= 0.3 is 0 Å². The zero-order valence-electron chi connectivity index (χ0n) is 9.82. The average molecular weight is 246 g/mol. The van der Waals surface area contributed by atoms with Crippen LogP contribution in [-0.2, 0) is 9.53 Å². The zero-order valence-corrected chi connectivity index (χ0v) is 10.6. The Bertz CT molecular complexity index is 253. The molecule has 0 aromatic carbocycles. The van der Waals surface area contributed by atoms with Crippen molar-refractivity contribution < 1.29 is 9.53 Å². The second-order valence-corrected chi connectivity index (χ2v) is 5.52. The maximum absolute atomic E-state index is 12.0. The summed E-state index contributed by atoms with van der Waals surface area (Å²) in [5.41, 5.74) is 0. The van der Waals surface area contributed by atoms with E-state index in [4.69, 9.17) is 16.3 Å². The van der Waals surface area contributed by atoms with E-state index in [1.54, 1.807) is 0 Å². The van der Waals surface area contributed by atoms with Crippen LogP contribution in [0.25, 0.3) is 0 Å². The summed E-state index contributed by atoms with van der Waals surface area (Å²) in [6.45, 7) is 4.55. The molecule has 0 aromatic heterocycles. The van der Waals surface area contributed by atoms with Crippen molar-refractivity contribution in [3.8, 4) is 0 Å². The summed E-state index contributed by atoms with van der Waals surface area (Å²) in [5.74, 6) is 0.645. The minimum Gasteiger partial charge on any atom is -0.378 e. The minimum atomic E-state index is 0.163. The molecule has 16 heavy (non-hydrogen) atoms. The molecule has 0 saturated carbocycles. The molecule has 3 atom stereocenters. The van der Waals surface area contributed by atoms with Gasteiger partial charge in [0.2, 0.25) is 5.91 Å². The van der Waals surface area contributed by atoms with Gasteiger partial charge in [0, 0.05) is 25.1 Å². The summed E-state index contributed by atoms with van der Waals surface area (Å²) < 4.78 is 5.49. The van der Waals surface area contributed by atoms with E-state index in [2.05, 4.69) is 6.92 Å². The van der Waals surface area contributed by atoms with E-state index in [1.165, 1.54) is 0 Å². The Morgan fingerprint density at radius 1 is 1.50 bits per heavy atom. The van der Waals surface area contributed by atoms with Crippen molar-refractivity contribution in [3.05, 3.63) is 0 Å². The molecule has 92 valence electrons. The highest BCUT2D eigenvalue weighted by Gasteiger charge is 2.29. The van der Waals surface area contributed by atoms with Gasteiger partial charge in [-0.25, -0.2) is 0 Å². The maximum atomic E-state index is 12.0. The summed E-state index contributed by atoms with van der Waals surface area (Å²) in [6, 6.07) is 0. The van der Waals surface area contributed by atoms with Crippen molar-refractivity contribution in [1.29, 1.82) is 0 Å². The molecule has 2 aliphatic rings. The molecule has 3 nitrogen and oxygen atoms in total. The van der Waals surface area contributed by atoms with E-state index in [1.807, 2.05) is 4.90 Å². The first-order valence-electron chi connectivity index (χ1n) is 6.20. The first-order valence-corrected chi connectivity index (χ1v) is 6.64. The molecule has 0 aromatic rings. The topological polar surface area (TPSA) is 29.5 Å². The van der Waals surface area contributed by atoms with Gasteiger partial charge in [0.15, 0.2) is 0 Å². The molecule has 2 aliphatic heterocycles. The van der Waals surface area contributed by atoms with E-state index in [0.29, 0.717) is 12.3 Å². The Morgan fingerprint density at radius 2 is 2.31 bits per heavy atom. The number of amides is 1. The summed E-state index contributed by atoms with van der Waals surface area (Å²) >= 11 is 6.14. The smallest absolute Gasteiger partial charge is 0.225 e. The van der Waals surface area contributed by atoms with Crippen LogP contribution < -0.4 is 0 Å². The number of alkyl halides is 1. The van der Waals surface area contributed by atoms with Gasteiger partial charge in [-0.05, 0) is 25.2 Å². The molecule has 2 fully saturated rings. The van der Waals surface area contributed by atoms with E-state index in [-0.39, 0.29) is 17.4 Å². The van der Waals surface area contributed by atoms with Gasteiger partial charge in [0.05, 0.1) is 12.5 Å². The third-order valence-electron chi connectivity index (χ3n) is 3.58. The number of hydrogen-bond acceptors (Lipinski definition) is 2. The van der Waals surface area contributed by atoms with E-state index in [0.717, 1.165) is 39.0 Å². The van der Waals surface area contributed by atoms with E-state index in [9.17, 15) is 4.79 Å². The molecule has 2 heterocycles. The lowest BCUT2D eigenvalue weighted by molar-refractivity contribution is -0.135. The number of hydrogen-bond donors (Lipinski definition) is 0. The average Bonchev–Trinajstić information content (AvgIpc) is 2.74. The highest BCUT2D eigenvalue weighted by Crippen LogP contribution is 2.23. The summed E-state index contributed by atoms with van der Waals surface area (Å²) in [5, 5.41) is 0.229. The number of likely N-dealkylation sites (tertiary alicyclic amines) is 1. The molecule has 4 heteroatoms. The second kappa shape index (κ2) is 5.37. The quantitative estimate of drug-likeness (QED) is 0.697. The van der Waals surface area contributed by atoms with Crippen LogP contribution >= 0.6 is 11.6 Å². The lowest BCUT2D eigenvalue weighted by atomic mass is 9.99. The molecule has 3 unspecified atom stereocenters. The van der Waals surface area contributed by atoms with Gasteiger partial charge < -0.3 is 9.64 Å². The highest BCUT2D eigenvalue weighted by molar-refractivity contribution is 6.20. The molecular formula is C12H20ClNO2. The van der Waals surface area contributed by atoms with Gasteiger partial charge in [0.25, 0.3) is 0 Å². The molecule has 0 aliphatic carbocycles. The van der Waals surface area contributed by atoms with Crippen molar-refractivity contribution in [2.24, 2.45) is 5.92 Å². The Labute approximate surface area is 102 Å². The number of nitrogens with zero attached hydrogens (tertiary/aromatic N) is 1. The summed E-state index contributed by atoms with van der Waals surface area (Å²) in [7, 11) is 0. The van der Waals surface area contributed by atoms with Crippen LogP contribution in [0.4, 0.5) is 0 Å². The molecular weight excluding hydrogens is 226 g/mol. The Balaban J connectivity index is 1.80. The molecule has 0 spiro atoms. The molecule has 0 bridgehead atoms. The second-order valence-electron chi connectivity index (χ2n) is 4.96.